The predicted molar refractivity (Wildman–Crippen MR) is 59.8 cm³/mol. The summed E-state index contributed by atoms with van der Waals surface area (Å²) in [4.78, 5) is 0. The van der Waals surface area contributed by atoms with Crippen LogP contribution in [-0.4, -0.2) is 0 Å². The first-order chi connectivity index (χ1) is 6.38. The van der Waals surface area contributed by atoms with Gasteiger partial charge in [-0.1, -0.05) is 32.9 Å². The molecule has 0 heterocycles. The van der Waals surface area contributed by atoms with Gasteiger partial charge in [-0.15, -0.1) is 0 Å². The van der Waals surface area contributed by atoms with Crippen LogP contribution in [-0.2, 0) is 0 Å². The van der Waals surface area contributed by atoms with Crippen LogP contribution in [0.25, 0.3) is 0 Å². The summed E-state index contributed by atoms with van der Waals surface area (Å²) in [5.74, 6) is 0.843. The van der Waals surface area contributed by atoms with E-state index >= 15 is 0 Å². The van der Waals surface area contributed by atoms with Crippen LogP contribution in [0.5, 0.6) is 0 Å². The SMILES string of the molecule is CC.CC1CCCC2=CCCC=C21. The molecule has 0 heteroatoms. The first-order valence-corrected chi connectivity index (χ1v) is 5.77. The van der Waals surface area contributed by atoms with Gasteiger partial charge in [-0.05, 0) is 49.2 Å². The molecule has 0 aliphatic heterocycles. The summed E-state index contributed by atoms with van der Waals surface area (Å²) < 4.78 is 0. The number of hydrogen-bond donors (Lipinski definition) is 0. The minimum atomic E-state index is 0.843. The van der Waals surface area contributed by atoms with Crippen molar-refractivity contribution in [3.63, 3.8) is 0 Å². The third-order valence-electron chi connectivity index (χ3n) is 2.91. The summed E-state index contributed by atoms with van der Waals surface area (Å²) in [6, 6.07) is 0. The Morgan fingerprint density at radius 2 is 1.85 bits per heavy atom. The molecule has 1 saturated carbocycles. The van der Waals surface area contributed by atoms with Gasteiger partial charge in [0.2, 0.25) is 0 Å². The molecule has 0 radical (unpaired) electrons. The van der Waals surface area contributed by atoms with Crippen LogP contribution in [0.2, 0.25) is 0 Å². The van der Waals surface area contributed by atoms with Crippen molar-refractivity contribution in [3.8, 4) is 0 Å². The van der Waals surface area contributed by atoms with E-state index in [1.54, 1.807) is 11.1 Å². The maximum atomic E-state index is 2.46. The van der Waals surface area contributed by atoms with Crippen LogP contribution in [0.3, 0.4) is 0 Å². The van der Waals surface area contributed by atoms with Gasteiger partial charge >= 0.3 is 0 Å². The quantitative estimate of drug-likeness (QED) is 0.513. The second-order valence-electron chi connectivity index (χ2n) is 3.76. The number of hydrogen-bond acceptors (Lipinski definition) is 0. The molecular formula is C13H22. The Hall–Kier alpha value is -0.520. The van der Waals surface area contributed by atoms with E-state index < -0.39 is 0 Å². The van der Waals surface area contributed by atoms with Crippen molar-refractivity contribution in [2.24, 2.45) is 5.92 Å². The van der Waals surface area contributed by atoms with Gasteiger partial charge in [0.1, 0.15) is 0 Å². The van der Waals surface area contributed by atoms with Gasteiger partial charge < -0.3 is 0 Å². The molecule has 0 saturated heterocycles. The van der Waals surface area contributed by atoms with E-state index in [2.05, 4.69) is 19.1 Å². The van der Waals surface area contributed by atoms with Gasteiger partial charge in [-0.25, -0.2) is 0 Å². The smallest absolute Gasteiger partial charge is 0.0191 e. The van der Waals surface area contributed by atoms with E-state index in [1.807, 2.05) is 13.8 Å². The highest BCUT2D eigenvalue weighted by Crippen LogP contribution is 2.36. The van der Waals surface area contributed by atoms with Crippen LogP contribution in [0.1, 0.15) is 52.9 Å². The fourth-order valence-corrected chi connectivity index (χ4v) is 2.26. The normalized spacial score (nSPS) is 26.2. The highest BCUT2D eigenvalue weighted by Gasteiger charge is 2.19. The Morgan fingerprint density at radius 3 is 2.54 bits per heavy atom. The Kier molecular flexibility index (Phi) is 4.27. The average molecular weight is 178 g/mol. The largest absolute Gasteiger partial charge is 0.0807 e. The van der Waals surface area contributed by atoms with Gasteiger partial charge in [0, 0.05) is 0 Å². The number of rotatable bonds is 0. The summed E-state index contributed by atoms with van der Waals surface area (Å²) in [7, 11) is 0. The molecule has 2 aliphatic carbocycles. The van der Waals surface area contributed by atoms with Gasteiger partial charge in [0.05, 0.1) is 0 Å². The van der Waals surface area contributed by atoms with Crippen LogP contribution in [0, 0.1) is 5.92 Å². The van der Waals surface area contributed by atoms with Crippen molar-refractivity contribution in [1.29, 1.82) is 0 Å². The maximum absolute atomic E-state index is 2.46. The molecule has 2 aliphatic rings. The van der Waals surface area contributed by atoms with E-state index in [4.69, 9.17) is 0 Å². The number of fused-ring (bicyclic) bond motifs is 1. The highest BCUT2D eigenvalue weighted by atomic mass is 14.2. The molecule has 0 aromatic rings. The van der Waals surface area contributed by atoms with Crippen molar-refractivity contribution in [2.75, 3.05) is 0 Å². The molecule has 0 nitrogen and oxygen atoms in total. The second kappa shape index (κ2) is 5.26. The van der Waals surface area contributed by atoms with E-state index in [0.717, 1.165) is 5.92 Å². The highest BCUT2D eigenvalue weighted by molar-refractivity contribution is 5.36. The Bertz CT molecular complexity index is 208. The van der Waals surface area contributed by atoms with Crippen LogP contribution >= 0.6 is 0 Å². The molecule has 0 amide bonds. The Balaban J connectivity index is 0.000000396. The maximum Gasteiger partial charge on any atom is -0.0191 e. The molecular weight excluding hydrogens is 156 g/mol. The minimum absolute atomic E-state index is 0.843. The second-order valence-corrected chi connectivity index (χ2v) is 3.76. The third-order valence-corrected chi connectivity index (χ3v) is 2.91. The molecule has 0 aromatic carbocycles. The lowest BCUT2D eigenvalue weighted by molar-refractivity contribution is 0.532. The topological polar surface area (TPSA) is 0 Å². The lowest BCUT2D eigenvalue weighted by atomic mass is 9.79. The fourth-order valence-electron chi connectivity index (χ4n) is 2.26. The predicted octanol–water partition coefficient (Wildman–Crippen LogP) is 4.48. The zero-order valence-electron chi connectivity index (χ0n) is 9.27. The molecule has 1 unspecified atom stereocenters. The monoisotopic (exact) mass is 178 g/mol. The van der Waals surface area contributed by atoms with E-state index in [9.17, 15) is 0 Å². The molecule has 2 rings (SSSR count). The summed E-state index contributed by atoms with van der Waals surface area (Å²) in [5.41, 5.74) is 3.33. The van der Waals surface area contributed by atoms with Crippen molar-refractivity contribution in [3.05, 3.63) is 23.3 Å². The third kappa shape index (κ3) is 2.46. The van der Waals surface area contributed by atoms with Crippen molar-refractivity contribution in [2.45, 2.75) is 52.9 Å². The molecule has 0 spiro atoms. The lowest BCUT2D eigenvalue weighted by Crippen LogP contribution is -2.10. The Labute approximate surface area is 82.7 Å². The molecule has 74 valence electrons. The lowest BCUT2D eigenvalue weighted by Gasteiger charge is -2.27. The van der Waals surface area contributed by atoms with E-state index in [0.29, 0.717) is 0 Å². The van der Waals surface area contributed by atoms with Crippen molar-refractivity contribution >= 4 is 0 Å². The van der Waals surface area contributed by atoms with Crippen LogP contribution < -0.4 is 0 Å². The zero-order valence-corrected chi connectivity index (χ0v) is 9.27. The van der Waals surface area contributed by atoms with Gasteiger partial charge in [-0.3, -0.25) is 0 Å². The summed E-state index contributed by atoms with van der Waals surface area (Å²) >= 11 is 0. The molecule has 13 heavy (non-hydrogen) atoms. The molecule has 0 N–H and O–H groups in total. The Morgan fingerprint density at radius 1 is 1.15 bits per heavy atom. The first kappa shape index (κ1) is 10.6. The molecule has 0 aromatic heterocycles. The van der Waals surface area contributed by atoms with Gasteiger partial charge in [0.25, 0.3) is 0 Å². The van der Waals surface area contributed by atoms with Gasteiger partial charge in [-0.2, -0.15) is 0 Å². The fraction of sp³-hybridized carbons (Fsp3) is 0.692. The zero-order chi connectivity index (χ0) is 9.68. The molecule has 1 fully saturated rings. The van der Waals surface area contributed by atoms with Crippen LogP contribution in [0.15, 0.2) is 23.3 Å². The van der Waals surface area contributed by atoms with E-state index in [1.165, 1.54) is 32.1 Å². The van der Waals surface area contributed by atoms with Crippen molar-refractivity contribution < 1.29 is 0 Å². The summed E-state index contributed by atoms with van der Waals surface area (Å²) in [6.07, 6.45) is 11.6. The van der Waals surface area contributed by atoms with Crippen LogP contribution in [0.4, 0.5) is 0 Å². The molecule has 0 bridgehead atoms. The standard InChI is InChI=1S/C11H16.C2H6/c1-9-5-4-7-10-6-2-3-8-11(9)10;1-2/h6,8-9H,2-5,7H2,1H3;1-2H3. The number of allylic oxidation sites excluding steroid dienone is 4. The van der Waals surface area contributed by atoms with Gasteiger partial charge in [0.15, 0.2) is 0 Å². The minimum Gasteiger partial charge on any atom is -0.0807 e. The molecule has 1 atom stereocenters. The first-order valence-electron chi connectivity index (χ1n) is 5.77. The van der Waals surface area contributed by atoms with Crippen molar-refractivity contribution in [1.82, 2.24) is 0 Å². The van der Waals surface area contributed by atoms with E-state index in [-0.39, 0.29) is 0 Å². The summed E-state index contributed by atoms with van der Waals surface area (Å²) in [6.45, 7) is 6.37. The summed E-state index contributed by atoms with van der Waals surface area (Å²) in [5, 5.41) is 0. The average Bonchev–Trinajstić information content (AvgIpc) is 2.22.